The number of halogens is 1. The van der Waals surface area contributed by atoms with Crippen molar-refractivity contribution in [1.29, 1.82) is 0 Å². The number of aromatic amines is 1. The number of nitrogens with one attached hydrogen (secondary N) is 1. The second-order valence-electron chi connectivity index (χ2n) is 6.48. The fraction of sp³-hybridized carbons (Fsp3) is 0.278. The molecule has 1 aliphatic heterocycles. The van der Waals surface area contributed by atoms with Crippen molar-refractivity contribution in [2.24, 2.45) is 0 Å². The van der Waals surface area contributed by atoms with Gasteiger partial charge in [0.05, 0.1) is 10.4 Å². The molecule has 0 atom stereocenters. The Morgan fingerprint density at radius 3 is 2.44 bits per heavy atom. The van der Waals surface area contributed by atoms with E-state index in [9.17, 15) is 17.6 Å². The van der Waals surface area contributed by atoms with Crippen LogP contribution in [-0.4, -0.2) is 48.8 Å². The highest BCUT2D eigenvalue weighted by atomic mass is 32.2. The highest BCUT2D eigenvalue weighted by Gasteiger charge is 2.29. The van der Waals surface area contributed by atoms with Gasteiger partial charge in [0.2, 0.25) is 10.0 Å². The summed E-state index contributed by atoms with van der Waals surface area (Å²) in [5.74, 6) is -0.890. The first-order valence-electron chi connectivity index (χ1n) is 8.52. The third-order valence-corrected chi connectivity index (χ3v) is 6.58. The smallest absolute Gasteiger partial charge is 0.408 e. The van der Waals surface area contributed by atoms with Crippen molar-refractivity contribution in [1.82, 2.24) is 14.2 Å². The monoisotopic (exact) mass is 391 g/mol. The largest absolute Gasteiger partial charge is 0.417 e. The molecule has 3 aromatic rings. The predicted molar refractivity (Wildman–Crippen MR) is 97.3 cm³/mol. The van der Waals surface area contributed by atoms with Crippen LogP contribution in [-0.2, 0) is 16.6 Å². The van der Waals surface area contributed by atoms with Crippen molar-refractivity contribution in [3.8, 4) is 0 Å². The lowest BCUT2D eigenvalue weighted by molar-refractivity contribution is 0.181. The zero-order chi connectivity index (χ0) is 19.0. The fourth-order valence-corrected chi connectivity index (χ4v) is 4.65. The van der Waals surface area contributed by atoms with Crippen LogP contribution in [0.5, 0.6) is 0 Å². The molecule has 1 fully saturated rings. The van der Waals surface area contributed by atoms with Crippen LogP contribution in [0, 0.1) is 5.82 Å². The molecule has 0 radical (unpaired) electrons. The number of H-pyrrole nitrogens is 1. The molecule has 2 heterocycles. The lowest BCUT2D eigenvalue weighted by atomic mass is 10.2. The standard InChI is InChI=1S/C18H18FN3O4S/c19-14-3-1-13(2-4-14)12-21-7-9-22(10-8-21)27(24,25)15-5-6-16-17(11-15)26-18(23)20-16/h1-6,11H,7-10,12H2,(H,20,23). The number of benzene rings is 2. The molecular formula is C18H18FN3O4S. The molecule has 27 heavy (non-hydrogen) atoms. The van der Waals surface area contributed by atoms with Crippen LogP contribution in [0.3, 0.4) is 0 Å². The first-order valence-corrected chi connectivity index (χ1v) is 9.96. The molecule has 0 unspecified atom stereocenters. The predicted octanol–water partition coefficient (Wildman–Crippen LogP) is 1.77. The summed E-state index contributed by atoms with van der Waals surface area (Å²) in [6.45, 7) is 2.53. The van der Waals surface area contributed by atoms with E-state index in [4.69, 9.17) is 4.42 Å². The van der Waals surface area contributed by atoms with Gasteiger partial charge in [0.15, 0.2) is 5.58 Å². The quantitative estimate of drug-likeness (QED) is 0.733. The van der Waals surface area contributed by atoms with E-state index in [1.165, 1.54) is 34.6 Å². The van der Waals surface area contributed by atoms with Gasteiger partial charge in [-0.25, -0.2) is 17.6 Å². The Kier molecular flexibility index (Phi) is 4.58. The van der Waals surface area contributed by atoms with Gasteiger partial charge >= 0.3 is 5.76 Å². The molecule has 0 aliphatic carbocycles. The third kappa shape index (κ3) is 3.66. The molecule has 0 saturated carbocycles. The molecule has 4 rings (SSSR count). The molecule has 0 amide bonds. The van der Waals surface area contributed by atoms with E-state index in [0.29, 0.717) is 38.2 Å². The summed E-state index contributed by atoms with van der Waals surface area (Å²) < 4.78 is 45.1. The van der Waals surface area contributed by atoms with Crippen LogP contribution < -0.4 is 5.76 Å². The summed E-state index contributed by atoms with van der Waals surface area (Å²) in [5.41, 5.74) is 1.67. The Bertz CT molecular complexity index is 1110. The number of fused-ring (bicyclic) bond motifs is 1. The van der Waals surface area contributed by atoms with Gasteiger partial charge in [-0.2, -0.15) is 4.31 Å². The van der Waals surface area contributed by atoms with E-state index >= 15 is 0 Å². The van der Waals surface area contributed by atoms with Crippen molar-refractivity contribution in [3.05, 3.63) is 64.4 Å². The summed E-state index contributed by atoms with van der Waals surface area (Å²) in [6, 6.07) is 10.7. The number of rotatable bonds is 4. The van der Waals surface area contributed by atoms with Gasteiger partial charge in [0.1, 0.15) is 5.82 Å². The second-order valence-corrected chi connectivity index (χ2v) is 8.42. The topological polar surface area (TPSA) is 86.6 Å². The Morgan fingerprint density at radius 2 is 1.74 bits per heavy atom. The van der Waals surface area contributed by atoms with Crippen LogP contribution in [0.25, 0.3) is 11.1 Å². The molecule has 7 nitrogen and oxygen atoms in total. The molecule has 1 N–H and O–H groups in total. The lowest BCUT2D eigenvalue weighted by Crippen LogP contribution is -2.48. The summed E-state index contributed by atoms with van der Waals surface area (Å²) in [7, 11) is -3.66. The van der Waals surface area contributed by atoms with E-state index in [1.54, 1.807) is 12.1 Å². The van der Waals surface area contributed by atoms with Crippen LogP contribution in [0.4, 0.5) is 4.39 Å². The maximum atomic E-state index is 13.0. The minimum atomic E-state index is -3.66. The summed E-state index contributed by atoms with van der Waals surface area (Å²) in [4.78, 5) is 16.0. The Balaban J connectivity index is 1.45. The summed E-state index contributed by atoms with van der Waals surface area (Å²) in [6.07, 6.45) is 0. The van der Waals surface area contributed by atoms with Gasteiger partial charge < -0.3 is 4.42 Å². The Labute approximate surface area is 155 Å². The van der Waals surface area contributed by atoms with Gasteiger partial charge in [-0.1, -0.05) is 12.1 Å². The molecular weight excluding hydrogens is 373 g/mol. The highest BCUT2D eigenvalue weighted by molar-refractivity contribution is 7.89. The van der Waals surface area contributed by atoms with Crippen LogP contribution in [0.15, 0.2) is 56.6 Å². The second kappa shape index (κ2) is 6.91. The van der Waals surface area contributed by atoms with Crippen molar-refractivity contribution < 1.29 is 17.2 Å². The van der Waals surface area contributed by atoms with Gasteiger partial charge in [-0.05, 0) is 29.8 Å². The number of nitrogens with zero attached hydrogens (tertiary/aromatic N) is 2. The van der Waals surface area contributed by atoms with Crippen molar-refractivity contribution >= 4 is 21.1 Å². The molecule has 1 saturated heterocycles. The average Bonchev–Trinajstić information content (AvgIpc) is 3.03. The molecule has 142 valence electrons. The van der Waals surface area contributed by atoms with Crippen molar-refractivity contribution in [2.75, 3.05) is 26.2 Å². The van der Waals surface area contributed by atoms with E-state index in [-0.39, 0.29) is 16.3 Å². The van der Waals surface area contributed by atoms with E-state index in [0.717, 1.165) is 5.56 Å². The van der Waals surface area contributed by atoms with E-state index < -0.39 is 15.8 Å². The van der Waals surface area contributed by atoms with Crippen LogP contribution in [0.2, 0.25) is 0 Å². The highest BCUT2D eigenvalue weighted by Crippen LogP contribution is 2.22. The van der Waals surface area contributed by atoms with Crippen LogP contribution in [0.1, 0.15) is 5.56 Å². The van der Waals surface area contributed by atoms with Crippen molar-refractivity contribution in [2.45, 2.75) is 11.4 Å². The first-order chi connectivity index (χ1) is 12.9. The molecule has 2 aromatic carbocycles. The maximum absolute atomic E-state index is 13.0. The number of hydrogen-bond acceptors (Lipinski definition) is 5. The number of piperazine rings is 1. The zero-order valence-electron chi connectivity index (χ0n) is 14.4. The minimum absolute atomic E-state index is 0.102. The SMILES string of the molecule is O=c1[nH]c2ccc(S(=O)(=O)N3CCN(Cc4ccc(F)cc4)CC3)cc2o1. The average molecular weight is 391 g/mol. The molecule has 0 bridgehead atoms. The van der Waals surface area contributed by atoms with E-state index in [1.807, 2.05) is 0 Å². The van der Waals surface area contributed by atoms with Gasteiger partial charge in [-0.3, -0.25) is 9.88 Å². The van der Waals surface area contributed by atoms with Crippen molar-refractivity contribution in [3.63, 3.8) is 0 Å². The summed E-state index contributed by atoms with van der Waals surface area (Å²) >= 11 is 0. The minimum Gasteiger partial charge on any atom is -0.408 e. The molecule has 9 heteroatoms. The number of sulfonamides is 1. The van der Waals surface area contributed by atoms with E-state index in [2.05, 4.69) is 9.88 Å². The number of hydrogen-bond donors (Lipinski definition) is 1. The van der Waals surface area contributed by atoms with Gasteiger partial charge in [-0.15, -0.1) is 0 Å². The zero-order valence-corrected chi connectivity index (χ0v) is 15.2. The Morgan fingerprint density at radius 1 is 1.04 bits per heavy atom. The summed E-state index contributed by atoms with van der Waals surface area (Å²) in [5, 5.41) is 0. The molecule has 1 aliphatic rings. The van der Waals surface area contributed by atoms with Gasteiger partial charge in [0.25, 0.3) is 0 Å². The normalized spacial score (nSPS) is 16.8. The fourth-order valence-electron chi connectivity index (χ4n) is 3.21. The molecule has 1 aromatic heterocycles. The van der Waals surface area contributed by atoms with Crippen LogP contribution >= 0.6 is 0 Å². The Hall–Kier alpha value is -2.49. The number of aromatic nitrogens is 1. The first kappa shape index (κ1) is 17.9. The van der Waals surface area contributed by atoms with Gasteiger partial charge in [0, 0.05) is 38.8 Å². The lowest BCUT2D eigenvalue weighted by Gasteiger charge is -2.34. The third-order valence-electron chi connectivity index (χ3n) is 4.68. The number of oxazole rings is 1. The molecule has 0 spiro atoms. The maximum Gasteiger partial charge on any atom is 0.417 e.